The van der Waals surface area contributed by atoms with E-state index < -0.39 is 10.0 Å². The topological polar surface area (TPSA) is 134 Å². The molecule has 1 fully saturated rings. The molecule has 1 aromatic carbocycles. The first-order valence-corrected chi connectivity index (χ1v) is 13.3. The minimum Gasteiger partial charge on any atom is -0.493 e. The van der Waals surface area contributed by atoms with E-state index >= 15 is 0 Å². The van der Waals surface area contributed by atoms with E-state index in [9.17, 15) is 13.2 Å². The van der Waals surface area contributed by atoms with Crippen LogP contribution in [0.1, 0.15) is 26.0 Å². The van der Waals surface area contributed by atoms with Crippen LogP contribution in [0, 0.1) is 0 Å². The van der Waals surface area contributed by atoms with Gasteiger partial charge in [-0.1, -0.05) is 13.3 Å². The van der Waals surface area contributed by atoms with Crippen LogP contribution < -0.4 is 10.3 Å². The monoisotopic (exact) mass is 504 g/mol. The van der Waals surface area contributed by atoms with Crippen LogP contribution >= 0.6 is 0 Å². The number of aliphatic hydroxyl groups excluding tert-OH is 1. The number of H-pyrrole nitrogens is 1. The second-order valence-electron chi connectivity index (χ2n) is 8.49. The zero-order valence-electron chi connectivity index (χ0n) is 20.3. The van der Waals surface area contributed by atoms with Crippen LogP contribution in [0.5, 0.6) is 5.75 Å². The number of hydrogen-bond donors (Lipinski definition) is 2. The molecule has 190 valence electrons. The SMILES string of the molecule is CCCc1nn(C)c2c(=O)[nH]c(-c3cc(S(=O)(=O)N4CCN(CCO)CC4)ccc3OCC)nc12. The summed E-state index contributed by atoms with van der Waals surface area (Å²) in [7, 11) is -2.07. The second kappa shape index (κ2) is 10.4. The Morgan fingerprint density at radius 2 is 1.91 bits per heavy atom. The van der Waals surface area contributed by atoms with Gasteiger partial charge in [0, 0.05) is 39.8 Å². The Balaban J connectivity index is 1.78. The molecule has 1 aliphatic heterocycles. The molecule has 3 heterocycles. The Labute approximate surface area is 204 Å². The molecule has 0 unspecified atom stereocenters. The summed E-state index contributed by atoms with van der Waals surface area (Å²) in [5.74, 6) is 0.670. The van der Waals surface area contributed by atoms with Gasteiger partial charge in [0.05, 0.1) is 29.4 Å². The lowest BCUT2D eigenvalue weighted by atomic mass is 10.1. The van der Waals surface area contributed by atoms with Crippen molar-refractivity contribution in [2.24, 2.45) is 7.05 Å². The van der Waals surface area contributed by atoms with Crippen molar-refractivity contribution in [3.63, 3.8) is 0 Å². The fourth-order valence-corrected chi connectivity index (χ4v) is 5.85. The van der Waals surface area contributed by atoms with Crippen LogP contribution in [-0.2, 0) is 23.5 Å². The molecule has 2 N–H and O–H groups in total. The van der Waals surface area contributed by atoms with E-state index in [2.05, 4.69) is 10.1 Å². The van der Waals surface area contributed by atoms with E-state index in [1.54, 1.807) is 13.1 Å². The molecular weight excluding hydrogens is 472 g/mol. The number of β-amino-alcohol motifs (C(OH)–C–C–N with tert-alkyl or cyclic N) is 1. The molecule has 3 aromatic rings. The van der Waals surface area contributed by atoms with Crippen LogP contribution in [0.4, 0.5) is 0 Å². The lowest BCUT2D eigenvalue weighted by Gasteiger charge is -2.33. The Bertz CT molecular complexity index is 1360. The van der Waals surface area contributed by atoms with Gasteiger partial charge in [0.15, 0.2) is 5.52 Å². The molecule has 0 aliphatic carbocycles. The number of nitrogens with one attached hydrogen (secondary N) is 1. The first kappa shape index (κ1) is 25.3. The van der Waals surface area contributed by atoms with Gasteiger partial charge in [0.25, 0.3) is 5.56 Å². The molecule has 0 bridgehead atoms. The van der Waals surface area contributed by atoms with Gasteiger partial charge >= 0.3 is 0 Å². The summed E-state index contributed by atoms with van der Waals surface area (Å²) in [6.45, 7) is 6.57. The maximum atomic E-state index is 13.4. The van der Waals surface area contributed by atoms with Gasteiger partial charge < -0.3 is 14.8 Å². The fraction of sp³-hybridized carbons (Fsp3) is 0.522. The molecular formula is C23H32N6O5S. The van der Waals surface area contributed by atoms with E-state index in [1.165, 1.54) is 21.1 Å². The van der Waals surface area contributed by atoms with Gasteiger partial charge in [0.1, 0.15) is 17.1 Å². The molecule has 1 aliphatic rings. The first-order chi connectivity index (χ1) is 16.8. The predicted octanol–water partition coefficient (Wildman–Crippen LogP) is 0.973. The third-order valence-electron chi connectivity index (χ3n) is 6.14. The van der Waals surface area contributed by atoms with Crippen molar-refractivity contribution >= 4 is 21.1 Å². The van der Waals surface area contributed by atoms with Gasteiger partial charge in [0.2, 0.25) is 10.0 Å². The number of aryl methyl sites for hydroxylation is 2. The molecule has 1 saturated heterocycles. The third-order valence-corrected chi connectivity index (χ3v) is 8.04. The van der Waals surface area contributed by atoms with Crippen LogP contribution in [-0.4, -0.2) is 88.4 Å². The number of benzene rings is 1. The molecule has 4 rings (SSSR count). The molecule has 0 atom stereocenters. The summed E-state index contributed by atoms with van der Waals surface area (Å²) in [5, 5.41) is 13.6. The second-order valence-corrected chi connectivity index (χ2v) is 10.4. The largest absolute Gasteiger partial charge is 0.493 e. The number of sulfonamides is 1. The van der Waals surface area contributed by atoms with E-state index in [0.29, 0.717) is 68.1 Å². The number of nitrogens with zero attached hydrogens (tertiary/aromatic N) is 5. The summed E-state index contributed by atoms with van der Waals surface area (Å²) in [6, 6.07) is 4.64. The fourth-order valence-electron chi connectivity index (χ4n) is 4.40. The Morgan fingerprint density at radius 3 is 2.57 bits per heavy atom. The highest BCUT2D eigenvalue weighted by Gasteiger charge is 2.29. The van der Waals surface area contributed by atoms with Gasteiger partial charge in [-0.25, -0.2) is 13.4 Å². The smallest absolute Gasteiger partial charge is 0.277 e. The van der Waals surface area contributed by atoms with Crippen LogP contribution in [0.2, 0.25) is 0 Å². The summed E-state index contributed by atoms with van der Waals surface area (Å²) in [6.07, 6.45) is 1.52. The van der Waals surface area contributed by atoms with Crippen LogP contribution in [0.3, 0.4) is 0 Å². The third kappa shape index (κ3) is 4.96. The maximum absolute atomic E-state index is 13.4. The lowest BCUT2D eigenvalue weighted by molar-refractivity contribution is 0.151. The molecule has 11 nitrogen and oxygen atoms in total. The summed E-state index contributed by atoms with van der Waals surface area (Å²) in [4.78, 5) is 22.6. The van der Waals surface area contributed by atoms with Crippen molar-refractivity contribution in [2.45, 2.75) is 31.6 Å². The van der Waals surface area contributed by atoms with Gasteiger partial charge in [-0.15, -0.1) is 0 Å². The molecule has 2 aromatic heterocycles. The summed E-state index contributed by atoms with van der Waals surface area (Å²) >= 11 is 0. The average Bonchev–Trinajstić information content (AvgIpc) is 3.15. The van der Waals surface area contributed by atoms with Gasteiger partial charge in [-0.2, -0.15) is 9.40 Å². The van der Waals surface area contributed by atoms with Crippen LogP contribution in [0.15, 0.2) is 27.9 Å². The predicted molar refractivity (Wildman–Crippen MR) is 132 cm³/mol. The van der Waals surface area contributed by atoms with Crippen molar-refractivity contribution in [3.05, 3.63) is 34.2 Å². The van der Waals surface area contributed by atoms with Crippen LogP contribution in [0.25, 0.3) is 22.4 Å². The zero-order valence-corrected chi connectivity index (χ0v) is 21.1. The highest BCUT2D eigenvalue weighted by atomic mass is 32.2. The van der Waals surface area contributed by atoms with Gasteiger partial charge in [-0.3, -0.25) is 14.4 Å². The van der Waals surface area contributed by atoms with Crippen molar-refractivity contribution in [2.75, 3.05) is 45.9 Å². The van der Waals surface area contributed by atoms with Crippen molar-refractivity contribution < 1.29 is 18.3 Å². The van der Waals surface area contributed by atoms with Crippen molar-refractivity contribution in [3.8, 4) is 17.1 Å². The maximum Gasteiger partial charge on any atom is 0.277 e. The Kier molecular flexibility index (Phi) is 7.55. The van der Waals surface area contributed by atoms with E-state index in [4.69, 9.17) is 14.8 Å². The number of rotatable bonds is 9. The van der Waals surface area contributed by atoms with Crippen molar-refractivity contribution in [1.29, 1.82) is 0 Å². The van der Waals surface area contributed by atoms with Crippen molar-refractivity contribution in [1.82, 2.24) is 29.0 Å². The number of aromatic amines is 1. The normalized spacial score (nSPS) is 15.7. The van der Waals surface area contributed by atoms with Gasteiger partial charge in [-0.05, 0) is 31.5 Å². The summed E-state index contributed by atoms with van der Waals surface area (Å²) in [5.41, 5.74) is 1.65. The highest BCUT2D eigenvalue weighted by Crippen LogP contribution is 2.32. The number of aromatic nitrogens is 4. The zero-order chi connectivity index (χ0) is 25.2. The minimum absolute atomic E-state index is 0.0431. The number of hydrogen-bond acceptors (Lipinski definition) is 8. The number of piperazine rings is 1. The number of fused-ring (bicyclic) bond motifs is 1. The average molecular weight is 505 g/mol. The Hall–Kier alpha value is -2.80. The summed E-state index contributed by atoms with van der Waals surface area (Å²) < 4.78 is 35.6. The molecule has 0 amide bonds. The molecule has 35 heavy (non-hydrogen) atoms. The number of ether oxygens (including phenoxy) is 1. The minimum atomic E-state index is -3.78. The van der Waals surface area contributed by atoms with E-state index in [0.717, 1.165) is 12.1 Å². The Morgan fingerprint density at radius 1 is 1.17 bits per heavy atom. The highest BCUT2D eigenvalue weighted by molar-refractivity contribution is 7.89. The molecule has 0 saturated carbocycles. The first-order valence-electron chi connectivity index (χ1n) is 11.9. The quantitative estimate of drug-likeness (QED) is 0.440. The molecule has 0 spiro atoms. The molecule has 0 radical (unpaired) electrons. The standard InChI is InChI=1S/C23H32N6O5S/c1-4-6-18-20-21(27(3)26-18)23(31)25-22(24-20)17-15-16(7-8-19(17)34-5-2)35(32,33)29-11-9-28(10-12-29)13-14-30/h7-8,15,30H,4-6,9-14H2,1-3H3,(H,24,25,31). The lowest BCUT2D eigenvalue weighted by Crippen LogP contribution is -2.49. The molecule has 12 heteroatoms. The van der Waals surface area contributed by atoms with E-state index in [1.807, 2.05) is 18.7 Å². The number of aliphatic hydroxyl groups is 1. The van der Waals surface area contributed by atoms with E-state index in [-0.39, 0.29) is 22.9 Å².